The monoisotopic (exact) mass is 123 g/mol. The van der Waals surface area contributed by atoms with E-state index in [1.807, 2.05) is 7.05 Å². The molecule has 7 heavy (non-hydrogen) atoms. The maximum Gasteiger partial charge on any atom is 0.0575 e. The number of rotatable bonds is 3. The molecule has 2 nitrogen and oxygen atoms in total. The highest BCUT2D eigenvalue weighted by Gasteiger charge is 1.88. The summed E-state index contributed by atoms with van der Waals surface area (Å²) in [5.41, 5.74) is 0. The number of alkyl halides is 1. The highest BCUT2D eigenvalue weighted by atomic mass is 35.5. The molecule has 0 rings (SSSR count). The van der Waals surface area contributed by atoms with Crippen molar-refractivity contribution in [2.75, 3.05) is 26.6 Å². The third-order valence-electron chi connectivity index (χ3n) is 0.711. The van der Waals surface area contributed by atoms with E-state index in [-0.39, 0.29) is 0 Å². The van der Waals surface area contributed by atoms with Crippen LogP contribution < -0.4 is 0 Å². The Kier molecular flexibility index (Phi) is 4.50. The van der Waals surface area contributed by atoms with Crippen LogP contribution in [-0.4, -0.2) is 31.6 Å². The third-order valence-corrected chi connectivity index (χ3v) is 0.880. The minimum Gasteiger partial charge on any atom is -0.303 e. The molecule has 0 unspecified atom stereocenters. The molecule has 0 aromatic carbocycles. The normalized spacial score (nSPS) is 10.3. The van der Waals surface area contributed by atoms with Crippen LogP contribution in [0.1, 0.15) is 0 Å². The summed E-state index contributed by atoms with van der Waals surface area (Å²) in [5.74, 6) is 0.615. The van der Waals surface area contributed by atoms with Crippen LogP contribution in [-0.2, 0) is 4.84 Å². The smallest absolute Gasteiger partial charge is 0.0575 e. The second-order valence-corrected chi connectivity index (χ2v) is 1.60. The maximum atomic E-state index is 5.35. The first-order valence-electron chi connectivity index (χ1n) is 2.12. The van der Waals surface area contributed by atoms with Crippen LogP contribution in [0.25, 0.3) is 0 Å². The van der Waals surface area contributed by atoms with Crippen molar-refractivity contribution in [3.05, 3.63) is 0 Å². The predicted octanol–water partition coefficient (Wildman–Crippen LogP) is 0.718. The van der Waals surface area contributed by atoms with E-state index >= 15 is 0 Å². The summed E-state index contributed by atoms with van der Waals surface area (Å²) in [6.45, 7) is 0.776. The fourth-order valence-corrected chi connectivity index (χ4v) is 0.448. The zero-order valence-corrected chi connectivity index (χ0v) is 5.40. The summed E-state index contributed by atoms with van der Waals surface area (Å²) >= 11 is 5.35. The lowest BCUT2D eigenvalue weighted by molar-refractivity contribution is -0.104. The Morgan fingerprint density at radius 1 is 1.71 bits per heavy atom. The van der Waals surface area contributed by atoms with Gasteiger partial charge in [-0.1, -0.05) is 0 Å². The highest BCUT2D eigenvalue weighted by Crippen LogP contribution is 1.81. The van der Waals surface area contributed by atoms with Gasteiger partial charge in [-0.05, 0) is 0 Å². The average molecular weight is 124 g/mol. The van der Waals surface area contributed by atoms with Gasteiger partial charge in [-0.2, -0.15) is 5.06 Å². The van der Waals surface area contributed by atoms with Crippen LogP contribution in [0.5, 0.6) is 0 Å². The van der Waals surface area contributed by atoms with Crippen molar-refractivity contribution in [3.63, 3.8) is 0 Å². The minimum atomic E-state index is 0.615. The molecule has 0 aliphatic rings. The second-order valence-electron chi connectivity index (χ2n) is 1.22. The van der Waals surface area contributed by atoms with Gasteiger partial charge in [0.2, 0.25) is 0 Å². The maximum absolute atomic E-state index is 5.35. The van der Waals surface area contributed by atoms with Gasteiger partial charge in [-0.15, -0.1) is 11.6 Å². The summed E-state index contributed by atoms with van der Waals surface area (Å²) in [6, 6.07) is 0. The zero-order chi connectivity index (χ0) is 5.70. The van der Waals surface area contributed by atoms with Crippen molar-refractivity contribution < 1.29 is 4.84 Å². The van der Waals surface area contributed by atoms with Crippen molar-refractivity contribution in [1.82, 2.24) is 5.06 Å². The average Bonchev–Trinajstić information content (AvgIpc) is 1.68. The van der Waals surface area contributed by atoms with E-state index in [1.165, 1.54) is 0 Å². The summed E-state index contributed by atoms with van der Waals surface area (Å²) in [5, 5.41) is 1.67. The Morgan fingerprint density at radius 3 is 2.43 bits per heavy atom. The standard InChI is InChI=1S/C4H10ClNO/c1-6(7-2)4-3-5/h3-4H2,1-2H3. The molecule has 0 radical (unpaired) electrons. The van der Waals surface area contributed by atoms with Crippen LogP contribution in [0.4, 0.5) is 0 Å². The zero-order valence-electron chi connectivity index (χ0n) is 4.65. The summed E-state index contributed by atoms with van der Waals surface area (Å²) in [6.07, 6.45) is 0. The lowest BCUT2D eigenvalue weighted by Gasteiger charge is -2.09. The second kappa shape index (κ2) is 4.37. The minimum absolute atomic E-state index is 0.615. The van der Waals surface area contributed by atoms with Crippen molar-refractivity contribution >= 4 is 11.6 Å². The van der Waals surface area contributed by atoms with Crippen molar-refractivity contribution in [2.24, 2.45) is 0 Å². The molecular formula is C4H10ClNO. The van der Waals surface area contributed by atoms with Gasteiger partial charge in [0, 0.05) is 19.5 Å². The topological polar surface area (TPSA) is 12.5 Å². The third kappa shape index (κ3) is 4.05. The van der Waals surface area contributed by atoms with Crippen molar-refractivity contribution in [3.8, 4) is 0 Å². The number of nitrogens with zero attached hydrogens (tertiary/aromatic N) is 1. The number of hydrogen-bond acceptors (Lipinski definition) is 2. The highest BCUT2D eigenvalue weighted by molar-refractivity contribution is 6.18. The summed E-state index contributed by atoms with van der Waals surface area (Å²) in [7, 11) is 3.45. The SMILES string of the molecule is CON(C)CCCl. The Bertz CT molecular complexity index is 42.7. The predicted molar refractivity (Wildman–Crippen MR) is 30.4 cm³/mol. The van der Waals surface area contributed by atoms with E-state index in [9.17, 15) is 0 Å². The van der Waals surface area contributed by atoms with E-state index in [1.54, 1.807) is 12.2 Å². The molecule has 0 aliphatic heterocycles. The van der Waals surface area contributed by atoms with Gasteiger partial charge in [-0.3, -0.25) is 0 Å². The molecule has 0 aromatic rings. The van der Waals surface area contributed by atoms with Crippen LogP contribution in [0, 0.1) is 0 Å². The molecule has 0 N–H and O–H groups in total. The molecule has 0 atom stereocenters. The molecule has 0 bridgehead atoms. The number of halogens is 1. The van der Waals surface area contributed by atoms with Crippen molar-refractivity contribution in [1.29, 1.82) is 0 Å². The lowest BCUT2D eigenvalue weighted by Crippen LogP contribution is -2.18. The molecule has 44 valence electrons. The first-order valence-corrected chi connectivity index (χ1v) is 2.66. The van der Waals surface area contributed by atoms with Gasteiger partial charge in [-0.25, -0.2) is 0 Å². The van der Waals surface area contributed by atoms with Gasteiger partial charge in [0.05, 0.1) is 7.11 Å². The van der Waals surface area contributed by atoms with Crippen LogP contribution >= 0.6 is 11.6 Å². The largest absolute Gasteiger partial charge is 0.303 e. The molecule has 0 saturated heterocycles. The first kappa shape index (κ1) is 7.21. The van der Waals surface area contributed by atoms with Crippen LogP contribution in [0.15, 0.2) is 0 Å². The van der Waals surface area contributed by atoms with Gasteiger partial charge < -0.3 is 4.84 Å². The molecule has 0 aromatic heterocycles. The quantitative estimate of drug-likeness (QED) is 0.405. The molecule has 0 saturated carbocycles. The van der Waals surface area contributed by atoms with E-state index in [4.69, 9.17) is 16.4 Å². The summed E-state index contributed by atoms with van der Waals surface area (Å²) in [4.78, 5) is 4.74. The van der Waals surface area contributed by atoms with E-state index in [0.29, 0.717) is 5.88 Å². The Hall–Kier alpha value is 0.210. The molecule has 3 heteroatoms. The molecule has 0 amide bonds. The number of hydroxylamine groups is 2. The van der Waals surface area contributed by atoms with Gasteiger partial charge >= 0.3 is 0 Å². The van der Waals surface area contributed by atoms with Gasteiger partial charge in [0.1, 0.15) is 0 Å². The van der Waals surface area contributed by atoms with E-state index < -0.39 is 0 Å². The molecule has 0 heterocycles. The van der Waals surface area contributed by atoms with E-state index in [0.717, 1.165) is 6.54 Å². The Labute approximate surface area is 49.0 Å². The molecule has 0 spiro atoms. The lowest BCUT2D eigenvalue weighted by atomic mass is 10.7. The number of hydrogen-bond donors (Lipinski definition) is 0. The van der Waals surface area contributed by atoms with Gasteiger partial charge in [0.25, 0.3) is 0 Å². The first-order chi connectivity index (χ1) is 3.31. The fourth-order valence-electron chi connectivity index (χ4n) is 0.210. The van der Waals surface area contributed by atoms with Crippen LogP contribution in [0.3, 0.4) is 0 Å². The Balaban J connectivity index is 2.83. The van der Waals surface area contributed by atoms with Gasteiger partial charge in [0.15, 0.2) is 0 Å². The summed E-state index contributed by atoms with van der Waals surface area (Å²) < 4.78 is 0. The Morgan fingerprint density at radius 2 is 2.29 bits per heavy atom. The van der Waals surface area contributed by atoms with E-state index in [2.05, 4.69) is 0 Å². The van der Waals surface area contributed by atoms with Crippen molar-refractivity contribution in [2.45, 2.75) is 0 Å². The molecular weight excluding hydrogens is 114 g/mol. The molecule has 0 fully saturated rings. The van der Waals surface area contributed by atoms with Crippen LogP contribution in [0.2, 0.25) is 0 Å². The fraction of sp³-hybridized carbons (Fsp3) is 1.00. The molecule has 0 aliphatic carbocycles.